The zero-order chi connectivity index (χ0) is 15.1. The van der Waals surface area contributed by atoms with E-state index in [2.05, 4.69) is 5.32 Å². The monoisotopic (exact) mass is 289 g/mol. The summed E-state index contributed by atoms with van der Waals surface area (Å²) in [6.45, 7) is 0.184. The van der Waals surface area contributed by atoms with E-state index in [1.54, 1.807) is 30.3 Å². The van der Waals surface area contributed by atoms with Gasteiger partial charge in [-0.05, 0) is 36.2 Å². The number of phenolic OH excluding ortho intramolecular Hbond substituents is 1. The SMILES string of the molecule is O=C(COc1ccccc1F)NCCc1cccc(O)c1. The highest BCUT2D eigenvalue weighted by Gasteiger charge is 2.05. The molecule has 2 aromatic carbocycles. The standard InChI is InChI=1S/C16H16FNO3/c17-14-6-1-2-7-15(14)21-11-16(20)18-9-8-12-4-3-5-13(19)10-12/h1-7,10,19H,8-9,11H2,(H,18,20). The van der Waals surface area contributed by atoms with E-state index in [1.165, 1.54) is 12.1 Å². The lowest BCUT2D eigenvalue weighted by atomic mass is 10.1. The Bertz CT molecular complexity index is 616. The molecule has 0 atom stereocenters. The number of ether oxygens (including phenoxy) is 1. The summed E-state index contributed by atoms with van der Waals surface area (Å²) in [7, 11) is 0. The molecule has 0 saturated heterocycles. The van der Waals surface area contributed by atoms with E-state index in [0.29, 0.717) is 13.0 Å². The van der Waals surface area contributed by atoms with Crippen molar-refractivity contribution in [2.45, 2.75) is 6.42 Å². The number of hydrogen-bond donors (Lipinski definition) is 2. The number of benzene rings is 2. The second-order valence-corrected chi connectivity index (χ2v) is 4.49. The van der Waals surface area contributed by atoms with Gasteiger partial charge in [-0.25, -0.2) is 4.39 Å². The van der Waals surface area contributed by atoms with E-state index < -0.39 is 5.82 Å². The van der Waals surface area contributed by atoms with Gasteiger partial charge in [0.05, 0.1) is 0 Å². The average Bonchev–Trinajstić information content (AvgIpc) is 2.46. The molecular formula is C16H16FNO3. The van der Waals surface area contributed by atoms with Gasteiger partial charge in [0.25, 0.3) is 5.91 Å². The van der Waals surface area contributed by atoms with Crippen LogP contribution in [-0.2, 0) is 11.2 Å². The van der Waals surface area contributed by atoms with Crippen LogP contribution in [0.2, 0.25) is 0 Å². The summed E-state index contributed by atoms with van der Waals surface area (Å²) in [5, 5.41) is 12.0. The Morgan fingerprint density at radius 1 is 1.19 bits per heavy atom. The quantitative estimate of drug-likeness (QED) is 0.857. The number of carbonyl (C=O) groups is 1. The average molecular weight is 289 g/mol. The van der Waals surface area contributed by atoms with Crippen LogP contribution in [-0.4, -0.2) is 24.2 Å². The molecular weight excluding hydrogens is 273 g/mol. The maximum absolute atomic E-state index is 13.3. The number of para-hydroxylation sites is 1. The first kappa shape index (κ1) is 14.8. The molecule has 0 radical (unpaired) electrons. The molecule has 2 N–H and O–H groups in total. The van der Waals surface area contributed by atoms with E-state index in [-0.39, 0.29) is 24.0 Å². The molecule has 0 heterocycles. The first-order valence-electron chi connectivity index (χ1n) is 6.57. The summed E-state index contributed by atoms with van der Waals surface area (Å²) in [6, 6.07) is 12.8. The minimum absolute atomic E-state index is 0.0561. The molecule has 0 bridgehead atoms. The topological polar surface area (TPSA) is 58.6 Å². The third kappa shape index (κ3) is 4.80. The van der Waals surface area contributed by atoms with Crippen molar-refractivity contribution in [1.82, 2.24) is 5.32 Å². The minimum atomic E-state index is -0.495. The summed E-state index contributed by atoms with van der Waals surface area (Å²) in [6.07, 6.45) is 0.597. The number of carbonyl (C=O) groups excluding carboxylic acids is 1. The fourth-order valence-corrected chi connectivity index (χ4v) is 1.81. The molecule has 0 aliphatic carbocycles. The maximum Gasteiger partial charge on any atom is 0.257 e. The molecule has 0 aromatic heterocycles. The van der Waals surface area contributed by atoms with Crippen molar-refractivity contribution in [3.05, 3.63) is 59.9 Å². The van der Waals surface area contributed by atoms with Gasteiger partial charge in [-0.15, -0.1) is 0 Å². The van der Waals surface area contributed by atoms with Crippen molar-refractivity contribution in [3.8, 4) is 11.5 Å². The zero-order valence-electron chi connectivity index (χ0n) is 11.4. The van der Waals surface area contributed by atoms with Gasteiger partial charge in [-0.2, -0.15) is 0 Å². The molecule has 110 valence electrons. The van der Waals surface area contributed by atoms with E-state index in [9.17, 15) is 14.3 Å². The van der Waals surface area contributed by atoms with Crippen molar-refractivity contribution < 1.29 is 19.0 Å². The van der Waals surface area contributed by atoms with Gasteiger partial charge >= 0.3 is 0 Å². The van der Waals surface area contributed by atoms with Crippen LogP contribution >= 0.6 is 0 Å². The number of phenols is 1. The molecule has 5 heteroatoms. The molecule has 2 rings (SSSR count). The van der Waals surface area contributed by atoms with Gasteiger partial charge in [0.1, 0.15) is 5.75 Å². The van der Waals surface area contributed by atoms with Crippen LogP contribution in [0.5, 0.6) is 11.5 Å². The van der Waals surface area contributed by atoms with E-state index in [0.717, 1.165) is 5.56 Å². The van der Waals surface area contributed by atoms with Crippen molar-refractivity contribution >= 4 is 5.91 Å². The van der Waals surface area contributed by atoms with Gasteiger partial charge in [0.2, 0.25) is 0 Å². The smallest absolute Gasteiger partial charge is 0.257 e. The summed E-state index contributed by atoms with van der Waals surface area (Å²) >= 11 is 0. The maximum atomic E-state index is 13.3. The molecule has 1 amide bonds. The fraction of sp³-hybridized carbons (Fsp3) is 0.188. The van der Waals surface area contributed by atoms with Crippen molar-refractivity contribution in [1.29, 1.82) is 0 Å². The van der Waals surface area contributed by atoms with Gasteiger partial charge in [0.15, 0.2) is 18.2 Å². The Kier molecular flexibility index (Phi) is 5.15. The van der Waals surface area contributed by atoms with Crippen molar-refractivity contribution in [2.24, 2.45) is 0 Å². The second kappa shape index (κ2) is 7.28. The molecule has 0 aliphatic heterocycles. The lowest BCUT2D eigenvalue weighted by Gasteiger charge is -2.08. The van der Waals surface area contributed by atoms with Gasteiger partial charge in [-0.1, -0.05) is 24.3 Å². The molecule has 4 nitrogen and oxygen atoms in total. The summed E-state index contributed by atoms with van der Waals surface area (Å²) in [4.78, 5) is 11.6. The molecule has 0 unspecified atom stereocenters. The van der Waals surface area contributed by atoms with E-state index >= 15 is 0 Å². The minimum Gasteiger partial charge on any atom is -0.508 e. The lowest BCUT2D eigenvalue weighted by Crippen LogP contribution is -2.30. The number of aromatic hydroxyl groups is 1. The van der Waals surface area contributed by atoms with Gasteiger partial charge in [-0.3, -0.25) is 4.79 Å². The molecule has 21 heavy (non-hydrogen) atoms. The summed E-state index contributed by atoms with van der Waals surface area (Å²) in [5.74, 6) is -0.564. The largest absolute Gasteiger partial charge is 0.508 e. The Hall–Kier alpha value is -2.56. The number of amides is 1. The third-order valence-corrected chi connectivity index (χ3v) is 2.84. The van der Waals surface area contributed by atoms with E-state index in [4.69, 9.17) is 4.74 Å². The van der Waals surface area contributed by atoms with Crippen LogP contribution in [0.1, 0.15) is 5.56 Å². The van der Waals surface area contributed by atoms with E-state index in [1.807, 2.05) is 6.07 Å². The number of halogens is 1. The Morgan fingerprint density at radius 2 is 2.00 bits per heavy atom. The molecule has 0 saturated carbocycles. The van der Waals surface area contributed by atoms with Crippen LogP contribution < -0.4 is 10.1 Å². The first-order valence-corrected chi connectivity index (χ1v) is 6.57. The molecule has 0 aliphatic rings. The second-order valence-electron chi connectivity index (χ2n) is 4.49. The van der Waals surface area contributed by atoms with Crippen LogP contribution in [0, 0.1) is 5.82 Å². The van der Waals surface area contributed by atoms with Gasteiger partial charge < -0.3 is 15.2 Å². The number of rotatable bonds is 6. The van der Waals surface area contributed by atoms with Crippen LogP contribution in [0.25, 0.3) is 0 Å². The van der Waals surface area contributed by atoms with Crippen LogP contribution in [0.3, 0.4) is 0 Å². The Labute approximate surface area is 122 Å². The highest BCUT2D eigenvalue weighted by atomic mass is 19.1. The fourth-order valence-electron chi connectivity index (χ4n) is 1.81. The Balaban J connectivity index is 1.72. The third-order valence-electron chi connectivity index (χ3n) is 2.84. The molecule has 0 fully saturated rings. The normalized spacial score (nSPS) is 10.1. The predicted octanol–water partition coefficient (Wildman–Crippen LogP) is 2.27. The number of hydrogen-bond acceptors (Lipinski definition) is 3. The lowest BCUT2D eigenvalue weighted by molar-refractivity contribution is -0.123. The van der Waals surface area contributed by atoms with Gasteiger partial charge in [0, 0.05) is 6.54 Å². The van der Waals surface area contributed by atoms with Crippen molar-refractivity contribution in [3.63, 3.8) is 0 Å². The highest BCUT2D eigenvalue weighted by Crippen LogP contribution is 2.15. The van der Waals surface area contributed by atoms with Crippen molar-refractivity contribution in [2.75, 3.05) is 13.2 Å². The number of nitrogens with one attached hydrogen (secondary N) is 1. The zero-order valence-corrected chi connectivity index (χ0v) is 11.4. The summed E-state index contributed by atoms with van der Waals surface area (Å²) < 4.78 is 18.4. The summed E-state index contributed by atoms with van der Waals surface area (Å²) in [5.41, 5.74) is 0.922. The molecule has 2 aromatic rings. The van der Waals surface area contributed by atoms with Crippen LogP contribution in [0.4, 0.5) is 4.39 Å². The first-order chi connectivity index (χ1) is 10.1. The highest BCUT2D eigenvalue weighted by molar-refractivity contribution is 5.77. The Morgan fingerprint density at radius 3 is 2.76 bits per heavy atom. The molecule has 0 spiro atoms. The predicted molar refractivity (Wildman–Crippen MR) is 76.7 cm³/mol. The van der Waals surface area contributed by atoms with Crippen LogP contribution in [0.15, 0.2) is 48.5 Å².